The number of carboxylic acids is 1. The van der Waals surface area contributed by atoms with E-state index in [2.05, 4.69) is 10.4 Å². The number of aromatic nitrogens is 2. The molecule has 1 aromatic heterocycles. The molecule has 0 saturated heterocycles. The van der Waals surface area contributed by atoms with Crippen molar-refractivity contribution in [2.45, 2.75) is 13.0 Å². The standard InChI is InChI=1S/C10H17N3O3/c1-7-8(6-13(2)12-7)9(10(14)15)11-4-5-16-3/h6,9,11H,4-5H2,1-3H3,(H,14,15). The molecule has 1 rings (SSSR count). The number of aryl methyl sites for hydroxylation is 2. The number of hydrogen-bond donors (Lipinski definition) is 2. The Morgan fingerprint density at radius 1 is 1.75 bits per heavy atom. The Balaban J connectivity index is 2.77. The molecule has 0 spiro atoms. The van der Waals surface area contributed by atoms with Gasteiger partial charge in [-0.1, -0.05) is 0 Å². The predicted octanol–water partition coefficient (Wildman–Crippen LogP) is 0.0902. The zero-order chi connectivity index (χ0) is 12.1. The van der Waals surface area contributed by atoms with Gasteiger partial charge in [0, 0.05) is 32.5 Å². The first-order valence-corrected chi connectivity index (χ1v) is 5.01. The third kappa shape index (κ3) is 3.04. The van der Waals surface area contributed by atoms with Crippen molar-refractivity contribution in [3.8, 4) is 0 Å². The molecule has 0 amide bonds. The predicted molar refractivity (Wildman–Crippen MR) is 58.2 cm³/mol. The highest BCUT2D eigenvalue weighted by molar-refractivity contribution is 5.75. The maximum Gasteiger partial charge on any atom is 0.325 e. The van der Waals surface area contributed by atoms with Gasteiger partial charge in [-0.15, -0.1) is 0 Å². The van der Waals surface area contributed by atoms with Crippen LogP contribution in [0.1, 0.15) is 17.3 Å². The van der Waals surface area contributed by atoms with Gasteiger partial charge in [0.05, 0.1) is 12.3 Å². The molecular formula is C10H17N3O3. The summed E-state index contributed by atoms with van der Waals surface area (Å²) in [6.45, 7) is 2.76. The van der Waals surface area contributed by atoms with Gasteiger partial charge >= 0.3 is 5.97 Å². The van der Waals surface area contributed by atoms with Crippen molar-refractivity contribution in [1.29, 1.82) is 0 Å². The molecule has 2 N–H and O–H groups in total. The quantitative estimate of drug-likeness (QED) is 0.674. The van der Waals surface area contributed by atoms with Crippen molar-refractivity contribution in [2.24, 2.45) is 7.05 Å². The Kier molecular flexibility index (Phi) is 4.45. The molecule has 6 heteroatoms. The Morgan fingerprint density at radius 2 is 2.44 bits per heavy atom. The third-order valence-electron chi connectivity index (χ3n) is 2.26. The maximum atomic E-state index is 11.1. The SMILES string of the molecule is COCCNC(C(=O)O)c1cn(C)nc1C. The van der Waals surface area contributed by atoms with Gasteiger partial charge in [-0.2, -0.15) is 5.10 Å². The van der Waals surface area contributed by atoms with E-state index in [4.69, 9.17) is 9.84 Å². The summed E-state index contributed by atoms with van der Waals surface area (Å²) in [7, 11) is 3.34. The lowest BCUT2D eigenvalue weighted by Gasteiger charge is -2.13. The molecule has 1 atom stereocenters. The summed E-state index contributed by atoms with van der Waals surface area (Å²) >= 11 is 0. The summed E-state index contributed by atoms with van der Waals surface area (Å²) in [5.41, 5.74) is 1.41. The molecule has 1 aromatic rings. The van der Waals surface area contributed by atoms with Gasteiger partial charge < -0.3 is 9.84 Å². The van der Waals surface area contributed by atoms with Crippen LogP contribution in [0.5, 0.6) is 0 Å². The van der Waals surface area contributed by atoms with Crippen LogP contribution in [0, 0.1) is 6.92 Å². The number of methoxy groups -OCH3 is 1. The van der Waals surface area contributed by atoms with Gasteiger partial charge in [0.2, 0.25) is 0 Å². The fraction of sp³-hybridized carbons (Fsp3) is 0.600. The van der Waals surface area contributed by atoms with Gasteiger partial charge in [-0.3, -0.25) is 14.8 Å². The van der Waals surface area contributed by atoms with Gasteiger partial charge in [0.25, 0.3) is 0 Å². The van der Waals surface area contributed by atoms with Crippen molar-refractivity contribution >= 4 is 5.97 Å². The van der Waals surface area contributed by atoms with Crippen LogP contribution in [-0.2, 0) is 16.6 Å². The second-order valence-corrected chi connectivity index (χ2v) is 3.56. The third-order valence-corrected chi connectivity index (χ3v) is 2.26. The molecule has 0 aliphatic carbocycles. The first-order valence-electron chi connectivity index (χ1n) is 5.01. The summed E-state index contributed by atoms with van der Waals surface area (Å²) in [5.74, 6) is -0.910. The van der Waals surface area contributed by atoms with E-state index in [9.17, 15) is 4.79 Å². The Morgan fingerprint density at radius 3 is 2.88 bits per heavy atom. The van der Waals surface area contributed by atoms with Gasteiger partial charge in [0.15, 0.2) is 0 Å². The molecule has 6 nitrogen and oxygen atoms in total. The number of nitrogens with zero attached hydrogens (tertiary/aromatic N) is 2. The number of aliphatic carboxylic acids is 1. The van der Waals surface area contributed by atoms with E-state index in [-0.39, 0.29) is 0 Å². The summed E-state index contributed by atoms with van der Waals surface area (Å²) in [6, 6.07) is -0.733. The van der Waals surface area contributed by atoms with E-state index in [0.29, 0.717) is 18.7 Å². The molecule has 1 unspecified atom stereocenters. The van der Waals surface area contributed by atoms with E-state index >= 15 is 0 Å². The molecule has 0 radical (unpaired) electrons. The number of carboxylic acid groups (broad SMARTS) is 1. The summed E-state index contributed by atoms with van der Waals surface area (Å²) in [4.78, 5) is 11.1. The molecule has 0 aromatic carbocycles. The van der Waals surface area contributed by atoms with E-state index in [1.165, 1.54) is 0 Å². The number of carbonyl (C=O) groups is 1. The fourth-order valence-electron chi connectivity index (χ4n) is 1.54. The number of hydrogen-bond acceptors (Lipinski definition) is 4. The molecule has 16 heavy (non-hydrogen) atoms. The Hall–Kier alpha value is -1.40. The highest BCUT2D eigenvalue weighted by Gasteiger charge is 2.22. The van der Waals surface area contributed by atoms with E-state index in [1.54, 1.807) is 32.0 Å². The number of ether oxygens (including phenoxy) is 1. The van der Waals surface area contributed by atoms with Crippen LogP contribution in [0.15, 0.2) is 6.20 Å². The van der Waals surface area contributed by atoms with Crippen molar-refractivity contribution in [3.63, 3.8) is 0 Å². The monoisotopic (exact) mass is 227 g/mol. The highest BCUT2D eigenvalue weighted by atomic mass is 16.5. The van der Waals surface area contributed by atoms with Crippen LogP contribution in [0.4, 0.5) is 0 Å². The van der Waals surface area contributed by atoms with Crippen LogP contribution in [0.3, 0.4) is 0 Å². The molecule has 0 aliphatic rings. The molecule has 0 fully saturated rings. The van der Waals surface area contributed by atoms with Crippen molar-refractivity contribution in [1.82, 2.24) is 15.1 Å². The van der Waals surface area contributed by atoms with E-state index in [0.717, 1.165) is 5.69 Å². The van der Waals surface area contributed by atoms with Crippen LogP contribution in [0.25, 0.3) is 0 Å². The zero-order valence-electron chi connectivity index (χ0n) is 9.73. The van der Waals surface area contributed by atoms with Crippen LogP contribution in [-0.4, -0.2) is 41.1 Å². The van der Waals surface area contributed by atoms with E-state index < -0.39 is 12.0 Å². The maximum absolute atomic E-state index is 11.1. The normalized spacial score (nSPS) is 12.7. The van der Waals surface area contributed by atoms with Crippen molar-refractivity contribution < 1.29 is 14.6 Å². The number of nitrogens with one attached hydrogen (secondary N) is 1. The average molecular weight is 227 g/mol. The molecular weight excluding hydrogens is 210 g/mol. The topological polar surface area (TPSA) is 76.4 Å². The first kappa shape index (κ1) is 12.7. The summed E-state index contributed by atoms with van der Waals surface area (Å²) < 4.78 is 6.48. The minimum Gasteiger partial charge on any atom is -0.480 e. The average Bonchev–Trinajstić information content (AvgIpc) is 2.52. The zero-order valence-corrected chi connectivity index (χ0v) is 9.73. The second-order valence-electron chi connectivity index (χ2n) is 3.56. The van der Waals surface area contributed by atoms with Crippen molar-refractivity contribution in [2.75, 3.05) is 20.3 Å². The summed E-state index contributed by atoms with van der Waals surface area (Å²) in [5, 5.41) is 16.2. The largest absolute Gasteiger partial charge is 0.480 e. The van der Waals surface area contributed by atoms with Crippen LogP contribution >= 0.6 is 0 Å². The van der Waals surface area contributed by atoms with Gasteiger partial charge in [-0.05, 0) is 6.92 Å². The van der Waals surface area contributed by atoms with Gasteiger partial charge in [-0.25, -0.2) is 0 Å². The minimum atomic E-state index is -0.910. The highest BCUT2D eigenvalue weighted by Crippen LogP contribution is 2.16. The molecule has 0 bridgehead atoms. The first-order chi connectivity index (χ1) is 7.56. The molecule has 90 valence electrons. The lowest BCUT2D eigenvalue weighted by atomic mass is 10.1. The van der Waals surface area contributed by atoms with Gasteiger partial charge in [0.1, 0.15) is 6.04 Å². The molecule has 1 heterocycles. The van der Waals surface area contributed by atoms with Crippen molar-refractivity contribution in [3.05, 3.63) is 17.5 Å². The Labute approximate surface area is 94.2 Å². The van der Waals surface area contributed by atoms with Crippen LogP contribution < -0.4 is 5.32 Å². The number of rotatable bonds is 6. The fourth-order valence-corrected chi connectivity index (χ4v) is 1.54. The molecule has 0 aliphatic heterocycles. The lowest BCUT2D eigenvalue weighted by molar-refractivity contribution is -0.139. The second kappa shape index (κ2) is 5.62. The Bertz CT molecular complexity index is 362. The lowest BCUT2D eigenvalue weighted by Crippen LogP contribution is -2.31. The van der Waals surface area contributed by atoms with E-state index in [1.807, 2.05) is 0 Å². The minimum absolute atomic E-state index is 0.475. The molecule has 0 saturated carbocycles. The summed E-state index contributed by atoms with van der Waals surface area (Å²) in [6.07, 6.45) is 1.72. The van der Waals surface area contributed by atoms with Crippen LogP contribution in [0.2, 0.25) is 0 Å². The smallest absolute Gasteiger partial charge is 0.325 e.